The number of carbonyl (C=O) groups is 2. The Kier molecular flexibility index (Phi) is 38.7. The summed E-state index contributed by atoms with van der Waals surface area (Å²) in [5, 5.41) is 18.3. The molecular weight excluding hydrogens is 731 g/mol. The Morgan fingerprint density at radius 2 is 0.982 bits per heavy atom. The van der Waals surface area contributed by atoms with Gasteiger partial charge in [-0.3, -0.25) is 18.6 Å². The number of phosphoric acid groups is 1. The van der Waals surface area contributed by atoms with Crippen LogP contribution in [-0.4, -0.2) is 65.7 Å². The second kappa shape index (κ2) is 40.6. The number of carbonyl (C=O) groups excluding carboxylic acids is 2. The Morgan fingerprint density at radius 1 is 0.554 bits per heavy atom. The average molecular weight is 809 g/mol. The highest BCUT2D eigenvalue weighted by molar-refractivity contribution is 7.47. The molecule has 0 spiro atoms. The molecule has 0 saturated carbocycles. The van der Waals surface area contributed by atoms with Crippen LogP contribution in [-0.2, 0) is 32.7 Å². The molecular formula is C45H77O10P. The molecule has 0 radical (unpaired) electrons. The minimum atomic E-state index is -4.63. The van der Waals surface area contributed by atoms with Crippen molar-refractivity contribution in [2.24, 2.45) is 0 Å². The Balaban J connectivity index is 4.39. The summed E-state index contributed by atoms with van der Waals surface area (Å²) in [7, 11) is -4.63. The minimum Gasteiger partial charge on any atom is -0.462 e. The van der Waals surface area contributed by atoms with E-state index >= 15 is 0 Å². The third-order valence-electron chi connectivity index (χ3n) is 8.59. The zero-order chi connectivity index (χ0) is 41.2. The van der Waals surface area contributed by atoms with Crippen LogP contribution >= 0.6 is 7.82 Å². The van der Waals surface area contributed by atoms with E-state index in [4.69, 9.17) is 19.1 Å². The molecule has 0 aromatic carbocycles. The van der Waals surface area contributed by atoms with Crippen molar-refractivity contribution >= 4 is 19.8 Å². The topological polar surface area (TPSA) is 149 Å². The van der Waals surface area contributed by atoms with E-state index in [2.05, 4.69) is 91.3 Å². The van der Waals surface area contributed by atoms with Gasteiger partial charge in [0.05, 0.1) is 19.8 Å². The van der Waals surface area contributed by atoms with Crippen LogP contribution in [0.25, 0.3) is 0 Å². The van der Waals surface area contributed by atoms with Gasteiger partial charge in [0.2, 0.25) is 0 Å². The maximum absolute atomic E-state index is 12.6. The fourth-order valence-corrected chi connectivity index (χ4v) is 6.10. The number of hydrogen-bond acceptors (Lipinski definition) is 9. The molecule has 56 heavy (non-hydrogen) atoms. The lowest BCUT2D eigenvalue weighted by Crippen LogP contribution is -2.29. The van der Waals surface area contributed by atoms with Gasteiger partial charge >= 0.3 is 19.8 Å². The lowest BCUT2D eigenvalue weighted by Gasteiger charge is -2.20. The van der Waals surface area contributed by atoms with Crippen LogP contribution in [0.1, 0.15) is 162 Å². The van der Waals surface area contributed by atoms with E-state index in [0.717, 1.165) is 89.9 Å². The Bertz CT molecular complexity index is 1160. The number of aliphatic hydroxyl groups excluding tert-OH is 2. The first kappa shape index (κ1) is 53.4. The maximum atomic E-state index is 12.6. The molecule has 3 N–H and O–H groups in total. The molecule has 0 heterocycles. The molecule has 0 amide bonds. The molecule has 3 atom stereocenters. The predicted molar refractivity (Wildman–Crippen MR) is 228 cm³/mol. The molecule has 10 nitrogen and oxygen atoms in total. The maximum Gasteiger partial charge on any atom is 0.472 e. The van der Waals surface area contributed by atoms with Crippen LogP contribution in [0.5, 0.6) is 0 Å². The van der Waals surface area contributed by atoms with Gasteiger partial charge in [0.15, 0.2) is 6.10 Å². The van der Waals surface area contributed by atoms with Gasteiger partial charge in [-0.1, -0.05) is 138 Å². The lowest BCUT2D eigenvalue weighted by atomic mass is 10.1. The van der Waals surface area contributed by atoms with E-state index in [1.54, 1.807) is 0 Å². The molecule has 0 aliphatic carbocycles. The number of phosphoric ester groups is 1. The molecule has 0 rings (SSSR count). The van der Waals surface area contributed by atoms with Gasteiger partial charge in [0, 0.05) is 12.8 Å². The molecule has 0 aliphatic rings. The zero-order valence-corrected chi connectivity index (χ0v) is 35.7. The summed E-state index contributed by atoms with van der Waals surface area (Å²) in [6.07, 6.45) is 45.8. The Labute approximate surface area is 339 Å². The predicted octanol–water partition coefficient (Wildman–Crippen LogP) is 11.3. The molecule has 11 heteroatoms. The number of aliphatic hydroxyl groups is 2. The van der Waals surface area contributed by atoms with Crippen molar-refractivity contribution in [3.63, 3.8) is 0 Å². The molecule has 0 fully saturated rings. The fraction of sp³-hybridized carbons (Fsp3) is 0.689. The van der Waals surface area contributed by atoms with Crippen LogP contribution in [0, 0.1) is 0 Å². The molecule has 0 aromatic heterocycles. The van der Waals surface area contributed by atoms with Crippen molar-refractivity contribution in [3.05, 3.63) is 72.9 Å². The highest BCUT2D eigenvalue weighted by Crippen LogP contribution is 2.43. The third kappa shape index (κ3) is 39.6. The van der Waals surface area contributed by atoms with Crippen molar-refractivity contribution in [3.8, 4) is 0 Å². The second-order valence-electron chi connectivity index (χ2n) is 14.0. The second-order valence-corrected chi connectivity index (χ2v) is 15.4. The van der Waals surface area contributed by atoms with Crippen LogP contribution in [0.2, 0.25) is 0 Å². The van der Waals surface area contributed by atoms with Crippen molar-refractivity contribution < 1.29 is 47.8 Å². The monoisotopic (exact) mass is 809 g/mol. The zero-order valence-electron chi connectivity index (χ0n) is 34.8. The highest BCUT2D eigenvalue weighted by Gasteiger charge is 2.27. The average Bonchev–Trinajstić information content (AvgIpc) is 3.19. The van der Waals surface area contributed by atoms with Crippen LogP contribution in [0.4, 0.5) is 0 Å². The van der Waals surface area contributed by atoms with Gasteiger partial charge in [-0.05, 0) is 83.5 Å². The van der Waals surface area contributed by atoms with Gasteiger partial charge in [-0.15, -0.1) is 0 Å². The summed E-state index contributed by atoms with van der Waals surface area (Å²) in [6.45, 7) is 2.19. The SMILES string of the molecule is CC/C=C/C/C=C/C/C=C/C/C=C/C/C=C/CCCCCC(=O)OC[C@@H](COP(=O)(O)OC[C@H](O)CO)OC(=O)CCCCCCC/C=C/CCCCCCC. The van der Waals surface area contributed by atoms with Gasteiger partial charge in [-0.25, -0.2) is 4.57 Å². The summed E-state index contributed by atoms with van der Waals surface area (Å²) in [5.41, 5.74) is 0. The molecule has 1 unspecified atom stereocenters. The van der Waals surface area contributed by atoms with Crippen LogP contribution in [0.15, 0.2) is 72.9 Å². The number of unbranched alkanes of at least 4 members (excludes halogenated alkanes) is 13. The quantitative estimate of drug-likeness (QED) is 0.0237. The summed E-state index contributed by atoms with van der Waals surface area (Å²) >= 11 is 0. The van der Waals surface area contributed by atoms with E-state index in [1.807, 2.05) is 0 Å². The van der Waals surface area contributed by atoms with E-state index in [-0.39, 0.29) is 19.4 Å². The Hall–Kier alpha value is -2.59. The lowest BCUT2D eigenvalue weighted by molar-refractivity contribution is -0.161. The number of hydrogen-bond donors (Lipinski definition) is 3. The molecule has 0 aromatic rings. The van der Waals surface area contributed by atoms with E-state index in [9.17, 15) is 24.2 Å². The van der Waals surface area contributed by atoms with Gasteiger partial charge in [-0.2, -0.15) is 0 Å². The van der Waals surface area contributed by atoms with Gasteiger partial charge in [0.25, 0.3) is 0 Å². The Morgan fingerprint density at radius 3 is 1.52 bits per heavy atom. The standard InChI is InChI=1S/C45H77O10P/c1-3-5-7-9-11-13-15-17-19-20-21-22-23-25-26-28-30-32-34-36-44(48)52-40-43(41-54-56(50,51)53-39-42(47)38-46)55-45(49)37-35-33-31-29-27-24-18-16-14-12-10-8-6-4-2/h5,7,11,13,16-19,21-22,25-26,42-43,46-47H,3-4,6,8-10,12,14-15,20,23-24,27-41H2,1-2H3,(H,50,51)/b7-5+,13-11+,18-16+,19-17+,22-21+,26-25+/t42-,43+/m1/s1. The van der Waals surface area contributed by atoms with Crippen molar-refractivity contribution in [2.45, 2.75) is 174 Å². The summed E-state index contributed by atoms with van der Waals surface area (Å²) < 4.78 is 32.7. The molecule has 0 bridgehead atoms. The highest BCUT2D eigenvalue weighted by atomic mass is 31.2. The van der Waals surface area contributed by atoms with Crippen LogP contribution < -0.4 is 0 Å². The van der Waals surface area contributed by atoms with Crippen LogP contribution in [0.3, 0.4) is 0 Å². The third-order valence-corrected chi connectivity index (χ3v) is 9.55. The smallest absolute Gasteiger partial charge is 0.462 e. The van der Waals surface area contributed by atoms with Gasteiger partial charge in [0.1, 0.15) is 12.7 Å². The fourth-order valence-electron chi connectivity index (χ4n) is 5.31. The number of esters is 2. The van der Waals surface area contributed by atoms with Crippen molar-refractivity contribution in [2.75, 3.05) is 26.4 Å². The first-order chi connectivity index (χ1) is 27.2. The first-order valence-corrected chi connectivity index (χ1v) is 22.9. The summed E-state index contributed by atoms with van der Waals surface area (Å²) in [6, 6.07) is 0. The minimum absolute atomic E-state index is 0.163. The summed E-state index contributed by atoms with van der Waals surface area (Å²) in [5.74, 6) is -0.979. The normalized spacial score (nSPS) is 14.6. The number of rotatable bonds is 39. The van der Waals surface area contributed by atoms with E-state index in [0.29, 0.717) is 12.8 Å². The molecule has 0 aliphatic heterocycles. The first-order valence-electron chi connectivity index (χ1n) is 21.4. The van der Waals surface area contributed by atoms with E-state index < -0.39 is 51.8 Å². The molecule has 0 saturated heterocycles. The summed E-state index contributed by atoms with van der Waals surface area (Å²) in [4.78, 5) is 35.0. The number of allylic oxidation sites excluding steroid dienone is 12. The van der Waals surface area contributed by atoms with Crippen molar-refractivity contribution in [1.29, 1.82) is 0 Å². The van der Waals surface area contributed by atoms with E-state index in [1.165, 1.54) is 32.1 Å². The largest absolute Gasteiger partial charge is 0.472 e. The molecule has 322 valence electrons. The number of ether oxygens (including phenoxy) is 2. The van der Waals surface area contributed by atoms with Crippen molar-refractivity contribution in [1.82, 2.24) is 0 Å². The van der Waals surface area contributed by atoms with Gasteiger partial charge < -0.3 is 24.6 Å².